The van der Waals surface area contributed by atoms with Crippen molar-refractivity contribution in [2.45, 2.75) is 96.3 Å². The molecule has 0 rings (SSSR count). The van der Waals surface area contributed by atoms with Crippen LogP contribution in [-0.4, -0.2) is 101 Å². The van der Waals surface area contributed by atoms with Gasteiger partial charge in [0, 0.05) is 0 Å². The first-order valence-corrected chi connectivity index (χ1v) is 10.7. The molecule has 53 heavy (non-hydrogen) atoms. The van der Waals surface area contributed by atoms with Crippen LogP contribution in [0, 0.1) is 0 Å². The van der Waals surface area contributed by atoms with Crippen molar-refractivity contribution in [2.75, 3.05) is 0 Å². The molecule has 1 nitrogen and oxygen atoms in total. The van der Waals surface area contributed by atoms with Gasteiger partial charge in [-0.3, -0.25) is 0 Å². The summed E-state index contributed by atoms with van der Waals surface area (Å²) in [5.74, 6) is -84.0. The maximum atomic E-state index is 14.9. The van der Waals surface area contributed by atoms with Gasteiger partial charge in [0.25, 0.3) is 0 Å². The molecule has 0 aromatic heterocycles. The largest absolute Gasteiger partial charge is 0.477 e. The maximum Gasteiger partial charge on any atom is 0.477 e. The van der Waals surface area contributed by atoms with Crippen LogP contribution in [0.25, 0.3) is 0 Å². The summed E-state index contributed by atoms with van der Waals surface area (Å²) in [5.41, 5.74) is 0. The number of nitrogens with zero attached hydrogens (tertiary/aromatic N) is 1. The van der Waals surface area contributed by atoms with Gasteiger partial charge in [-0.05, 0) is 0 Å². The number of quaternary nitrogens is 1. The first kappa shape index (κ1) is 50.4. The molecule has 0 saturated carbocycles. The van der Waals surface area contributed by atoms with Gasteiger partial charge in [0.15, 0.2) is 0 Å². The van der Waals surface area contributed by atoms with Crippen molar-refractivity contribution in [2.24, 2.45) is 0 Å². The lowest BCUT2D eigenvalue weighted by atomic mass is 9.92. The fraction of sp³-hybridized carbons (Fsp3) is 1.00. The zero-order valence-corrected chi connectivity index (χ0v) is 22.1. The van der Waals surface area contributed by atoms with Crippen LogP contribution >= 0.6 is 0 Å². The summed E-state index contributed by atoms with van der Waals surface area (Å²) in [6, 6.07) is -47.4. The molecule has 320 valence electrons. The van der Waals surface area contributed by atoms with E-state index in [1.54, 1.807) is 0 Å². The molecule has 0 saturated heterocycles. The van der Waals surface area contributed by atoms with Gasteiger partial charge in [0.1, 0.15) is 0 Å². The van der Waals surface area contributed by atoms with Crippen LogP contribution < -0.4 is 0 Å². The van der Waals surface area contributed by atoms with Gasteiger partial charge in [-0.15, -0.1) is 35.1 Å². The van der Waals surface area contributed by atoms with Crippen molar-refractivity contribution in [3.8, 4) is 0 Å². The first-order valence-electron chi connectivity index (χ1n) is 10.7. The Bertz CT molecular complexity index is 1120. The van der Waals surface area contributed by atoms with Crippen molar-refractivity contribution in [3.05, 3.63) is 0 Å². The van der Waals surface area contributed by atoms with E-state index in [-0.39, 0.29) is 0 Å². The van der Waals surface area contributed by atoms with Crippen LogP contribution in [0.5, 0.6) is 0 Å². The summed E-state index contributed by atoms with van der Waals surface area (Å²) in [5, 5.41) is 0. The van der Waals surface area contributed by atoms with Crippen LogP contribution in [-0.2, 0) is 0 Å². The van der Waals surface area contributed by atoms with Gasteiger partial charge in [0.2, 0.25) is 0 Å². The highest BCUT2D eigenvalue weighted by Crippen LogP contribution is 2.75. The summed E-state index contributed by atoms with van der Waals surface area (Å²) >= 11 is 0. The Labute approximate surface area is 260 Å². The van der Waals surface area contributed by atoms with Crippen LogP contribution in [0.15, 0.2) is 0 Å². The van der Waals surface area contributed by atoms with Crippen LogP contribution in [0.2, 0.25) is 0 Å². The Hall–Kier alpha value is -2.56. The van der Waals surface area contributed by atoms with Crippen LogP contribution in [0.1, 0.15) is 0 Å². The van der Waals surface area contributed by atoms with E-state index in [0.29, 0.717) is 0 Å². The Morgan fingerprint density at radius 2 is 0.245 bits per heavy atom. The molecule has 0 heterocycles. The summed E-state index contributed by atoms with van der Waals surface area (Å²) < 4.78 is 478. The number of rotatable bonds is 12. The SMILES string of the molecule is FC(F)(F)C(F)(F)C(F)(F)C(F)(F)[N+](C(F)(F)C(F)(F)C(F)(F)C(F)(F)F)(C(F)(F)C(F)(F)C(F)(F)C(F)(F)F)C(F)(F)C(F)(F)C(F)(F)C(F)(F)F. The van der Waals surface area contributed by atoms with Crippen molar-refractivity contribution in [1.82, 2.24) is 0 Å². The molecule has 0 bridgehead atoms. The second-order valence-corrected chi connectivity index (χ2v) is 9.42. The molecule has 0 aliphatic rings. The van der Waals surface area contributed by atoms with E-state index in [2.05, 4.69) is 0 Å². The van der Waals surface area contributed by atoms with Crippen molar-refractivity contribution < 1.29 is 163 Å². The maximum absolute atomic E-state index is 14.9. The number of hydrogen-bond acceptors (Lipinski definition) is 0. The molecule has 0 atom stereocenters. The van der Waals surface area contributed by atoms with Gasteiger partial charge in [-0.2, -0.15) is 123 Å². The lowest BCUT2D eigenvalue weighted by Gasteiger charge is -2.58. The molecule has 0 amide bonds. The normalized spacial score (nSPS) is 17.4. The van der Waals surface area contributed by atoms with Crippen LogP contribution in [0.3, 0.4) is 0 Å². The third-order valence-corrected chi connectivity index (χ3v) is 6.20. The number of halogens is 36. The van der Waals surface area contributed by atoms with Gasteiger partial charge in [-0.1, -0.05) is 4.48 Å². The third kappa shape index (κ3) is 5.56. The van der Waals surface area contributed by atoms with Crippen molar-refractivity contribution in [1.29, 1.82) is 0 Å². The molecule has 0 aromatic rings. The minimum atomic E-state index is -11.9. The number of hydrogen-bond donors (Lipinski definition) is 0. The summed E-state index contributed by atoms with van der Waals surface area (Å²) in [6.07, 6.45) is -37.1. The number of alkyl halides is 36. The topological polar surface area (TPSA) is 0 Å². The van der Waals surface area contributed by atoms with E-state index in [1.807, 2.05) is 0 Å². The summed E-state index contributed by atoms with van der Waals surface area (Å²) in [7, 11) is 0. The molecule has 0 fully saturated rings. The molecule has 0 spiro atoms. The molecular formula is C16F36N+. The first-order chi connectivity index (χ1) is 22.0. The van der Waals surface area contributed by atoms with E-state index in [9.17, 15) is 158 Å². The Kier molecular flexibility index (Phi) is 11.2. The van der Waals surface area contributed by atoms with Gasteiger partial charge in [0.05, 0.1) is 0 Å². The van der Waals surface area contributed by atoms with E-state index < -0.39 is 101 Å². The summed E-state index contributed by atoms with van der Waals surface area (Å²) in [6.45, 7) is 0. The molecule has 0 aromatic carbocycles. The monoisotopic (exact) mass is 890 g/mol. The Morgan fingerprint density at radius 1 is 0.151 bits per heavy atom. The highest BCUT2D eigenvalue weighted by molar-refractivity contribution is 5.10. The fourth-order valence-electron chi connectivity index (χ4n) is 3.37. The molecule has 37 heteroatoms. The average Bonchev–Trinajstić information content (AvgIpc) is 2.84. The third-order valence-electron chi connectivity index (χ3n) is 6.20. The van der Waals surface area contributed by atoms with Crippen LogP contribution in [0.4, 0.5) is 158 Å². The molecule has 0 aliphatic carbocycles. The highest BCUT2D eigenvalue weighted by Gasteiger charge is 3.12. The second-order valence-electron chi connectivity index (χ2n) is 9.42. The summed E-state index contributed by atoms with van der Waals surface area (Å²) in [4.78, 5) is 0. The minimum Gasteiger partial charge on any atom is -0.189 e. The smallest absolute Gasteiger partial charge is 0.189 e. The van der Waals surface area contributed by atoms with E-state index in [1.165, 1.54) is 0 Å². The molecule has 0 radical (unpaired) electrons. The van der Waals surface area contributed by atoms with E-state index >= 15 is 0 Å². The van der Waals surface area contributed by atoms with E-state index in [4.69, 9.17) is 0 Å². The van der Waals surface area contributed by atoms with Gasteiger partial charge < -0.3 is 0 Å². The van der Waals surface area contributed by atoms with Gasteiger partial charge >= 0.3 is 96.3 Å². The minimum absolute atomic E-state index is 9.27. The van der Waals surface area contributed by atoms with Crippen molar-refractivity contribution in [3.63, 3.8) is 0 Å². The quantitative estimate of drug-likeness (QED) is 0.104. The molecule has 0 N–H and O–H groups in total. The molecular weight excluding hydrogens is 890 g/mol. The predicted octanol–water partition coefficient (Wildman–Crippen LogP) is 11.5. The van der Waals surface area contributed by atoms with E-state index in [0.717, 1.165) is 0 Å². The fourth-order valence-corrected chi connectivity index (χ4v) is 3.37. The Balaban J connectivity index is 10.4. The average molecular weight is 890 g/mol. The standard InChI is InChI=1S/C16F36N/c17-1(18,9(33,34)35)5(25,26)13(45,46)53(14(47,48)6(27,28)2(19,20)10(36,37)38,15(49,50)7(29,30)3(21,22)11(39,40)41)16(51,52)8(31,32)4(23,24)12(42,43)44/q+1. The highest BCUT2D eigenvalue weighted by atomic mass is 19.5. The zero-order valence-electron chi connectivity index (χ0n) is 22.1. The van der Waals surface area contributed by atoms with Gasteiger partial charge in [-0.25, -0.2) is 0 Å². The second kappa shape index (κ2) is 11.7. The predicted molar refractivity (Wildman–Crippen MR) is 83.8 cm³/mol. The molecule has 0 aliphatic heterocycles. The van der Waals surface area contributed by atoms with Crippen molar-refractivity contribution >= 4 is 0 Å². The zero-order chi connectivity index (χ0) is 44.5. The lowest BCUT2D eigenvalue weighted by Crippen LogP contribution is -2.96. The Morgan fingerprint density at radius 3 is 0.321 bits per heavy atom. The lowest BCUT2D eigenvalue weighted by molar-refractivity contribution is -1.21. The molecule has 0 unspecified atom stereocenters.